The maximum absolute atomic E-state index is 14.4. The summed E-state index contributed by atoms with van der Waals surface area (Å²) in [5, 5.41) is 6.45. The maximum atomic E-state index is 14.4. The second kappa shape index (κ2) is 11.1. The van der Waals surface area contributed by atoms with Crippen molar-refractivity contribution in [2.24, 2.45) is 4.99 Å². The van der Waals surface area contributed by atoms with E-state index in [4.69, 9.17) is 4.74 Å². The molecule has 7 nitrogen and oxygen atoms in total. The van der Waals surface area contributed by atoms with E-state index in [0.717, 1.165) is 38.0 Å². The highest BCUT2D eigenvalue weighted by Gasteiger charge is 2.18. The average Bonchev–Trinajstić information content (AvgIpc) is 3.16. The van der Waals surface area contributed by atoms with Crippen molar-refractivity contribution in [1.82, 2.24) is 20.5 Å². The van der Waals surface area contributed by atoms with Gasteiger partial charge in [0.05, 0.1) is 12.7 Å². The molecule has 1 aliphatic heterocycles. The molecule has 0 bridgehead atoms. The summed E-state index contributed by atoms with van der Waals surface area (Å²) in [7, 11) is 0. The normalized spacial score (nSPS) is 14.1. The molecule has 8 heteroatoms. The topological polar surface area (TPSA) is 78.9 Å². The highest BCUT2D eigenvalue weighted by molar-refractivity contribution is 5.79. The Bertz CT molecular complexity index is 860. The smallest absolute Gasteiger partial charge is 0.222 e. The largest absolute Gasteiger partial charge is 0.453 e. The fraction of sp³-hybridized carbons (Fsp3) is 0.409. The zero-order valence-corrected chi connectivity index (χ0v) is 17.2. The Labute approximate surface area is 176 Å². The van der Waals surface area contributed by atoms with Gasteiger partial charge in [0.15, 0.2) is 17.5 Å². The van der Waals surface area contributed by atoms with Gasteiger partial charge in [-0.25, -0.2) is 9.38 Å². The number of nitrogens with one attached hydrogen (secondary N) is 2. The molecule has 0 unspecified atom stereocenters. The molecule has 0 atom stereocenters. The lowest BCUT2D eigenvalue weighted by molar-refractivity contribution is -0.127. The molecule has 1 amide bonds. The molecule has 2 heterocycles. The van der Waals surface area contributed by atoms with Crippen LogP contribution in [0.4, 0.5) is 4.39 Å². The van der Waals surface area contributed by atoms with E-state index in [0.29, 0.717) is 31.2 Å². The minimum Gasteiger partial charge on any atom is -0.453 e. The number of likely N-dealkylation sites (tertiary alicyclic amines) is 1. The minimum absolute atomic E-state index is 0.150. The molecule has 30 heavy (non-hydrogen) atoms. The van der Waals surface area contributed by atoms with Crippen molar-refractivity contribution in [1.29, 1.82) is 0 Å². The van der Waals surface area contributed by atoms with Gasteiger partial charge in [0.25, 0.3) is 0 Å². The van der Waals surface area contributed by atoms with Crippen LogP contribution in [-0.2, 0) is 11.3 Å². The number of pyridine rings is 1. The van der Waals surface area contributed by atoms with Crippen LogP contribution in [0.1, 0.15) is 31.7 Å². The van der Waals surface area contributed by atoms with E-state index in [-0.39, 0.29) is 11.7 Å². The fourth-order valence-electron chi connectivity index (χ4n) is 3.19. The first-order valence-electron chi connectivity index (χ1n) is 10.3. The lowest BCUT2D eigenvalue weighted by atomic mass is 10.2. The lowest BCUT2D eigenvalue weighted by Gasteiger charge is -2.16. The number of benzene rings is 1. The zero-order valence-electron chi connectivity index (χ0n) is 17.2. The van der Waals surface area contributed by atoms with E-state index < -0.39 is 5.82 Å². The number of nitrogens with zero attached hydrogens (tertiary/aromatic N) is 3. The van der Waals surface area contributed by atoms with Gasteiger partial charge in [-0.1, -0.05) is 6.07 Å². The van der Waals surface area contributed by atoms with E-state index in [1.54, 1.807) is 30.5 Å². The SMILES string of the molecule is CCNC(=NCc1ccc(Oc2cccnc2)c(F)c1)NCCCN1CCCC1=O. The van der Waals surface area contributed by atoms with Crippen molar-refractivity contribution in [3.05, 3.63) is 54.1 Å². The van der Waals surface area contributed by atoms with Crippen molar-refractivity contribution in [3.8, 4) is 11.5 Å². The Kier molecular flexibility index (Phi) is 8.00. The molecule has 0 spiro atoms. The number of hydrogen-bond donors (Lipinski definition) is 2. The molecule has 0 radical (unpaired) electrons. The summed E-state index contributed by atoms with van der Waals surface area (Å²) in [6.07, 6.45) is 5.64. The van der Waals surface area contributed by atoms with Gasteiger partial charge in [-0.05, 0) is 49.6 Å². The standard InChI is InChI=1S/C22H28FN5O2/c1-2-25-22(26-11-5-13-28-12-4-7-21(28)29)27-15-17-8-9-20(19(23)14-17)30-18-6-3-10-24-16-18/h3,6,8-10,14,16H,2,4-5,7,11-13,15H2,1H3,(H2,25,26,27). The molecule has 1 saturated heterocycles. The molecule has 160 valence electrons. The first-order valence-corrected chi connectivity index (χ1v) is 10.3. The van der Waals surface area contributed by atoms with Gasteiger partial charge in [0, 0.05) is 38.8 Å². The third kappa shape index (κ3) is 6.43. The molecule has 1 fully saturated rings. The van der Waals surface area contributed by atoms with Crippen molar-refractivity contribution < 1.29 is 13.9 Å². The third-order valence-electron chi connectivity index (χ3n) is 4.69. The number of amides is 1. The predicted octanol–water partition coefficient (Wildman–Crippen LogP) is 3.08. The van der Waals surface area contributed by atoms with Crippen molar-refractivity contribution in [2.75, 3.05) is 26.2 Å². The molecule has 1 aromatic heterocycles. The Balaban J connectivity index is 1.50. The van der Waals surface area contributed by atoms with Crippen LogP contribution in [-0.4, -0.2) is 47.9 Å². The first-order chi connectivity index (χ1) is 14.7. The first kappa shape index (κ1) is 21.5. The molecule has 3 rings (SSSR count). The van der Waals surface area contributed by atoms with Gasteiger partial charge in [-0.3, -0.25) is 9.78 Å². The average molecular weight is 413 g/mol. The summed E-state index contributed by atoms with van der Waals surface area (Å²) in [5.41, 5.74) is 0.742. The molecular weight excluding hydrogens is 385 g/mol. The third-order valence-corrected chi connectivity index (χ3v) is 4.69. The van der Waals surface area contributed by atoms with Crippen molar-refractivity contribution >= 4 is 11.9 Å². The summed E-state index contributed by atoms with van der Waals surface area (Å²) in [4.78, 5) is 22.0. The molecule has 0 aliphatic carbocycles. The number of aromatic nitrogens is 1. The molecule has 1 aromatic carbocycles. The van der Waals surface area contributed by atoms with Gasteiger partial charge in [-0.2, -0.15) is 0 Å². The summed E-state index contributed by atoms with van der Waals surface area (Å²) >= 11 is 0. The van der Waals surface area contributed by atoms with Crippen LogP contribution in [0.3, 0.4) is 0 Å². The quantitative estimate of drug-likeness (QED) is 0.375. The van der Waals surface area contributed by atoms with Crippen LogP contribution in [0.5, 0.6) is 11.5 Å². The Morgan fingerprint density at radius 2 is 2.23 bits per heavy atom. The summed E-state index contributed by atoms with van der Waals surface area (Å²) in [6.45, 7) is 5.38. The van der Waals surface area contributed by atoms with Crippen LogP contribution < -0.4 is 15.4 Å². The molecular formula is C22H28FN5O2. The van der Waals surface area contributed by atoms with Gasteiger partial charge in [0.2, 0.25) is 5.91 Å². The van der Waals surface area contributed by atoms with Crippen LogP contribution >= 0.6 is 0 Å². The van der Waals surface area contributed by atoms with E-state index in [1.807, 2.05) is 11.8 Å². The maximum Gasteiger partial charge on any atom is 0.222 e. The van der Waals surface area contributed by atoms with Gasteiger partial charge in [0.1, 0.15) is 5.75 Å². The summed E-state index contributed by atoms with van der Waals surface area (Å²) < 4.78 is 19.9. The number of ether oxygens (including phenoxy) is 1. The van der Waals surface area contributed by atoms with Crippen LogP contribution in [0.2, 0.25) is 0 Å². The van der Waals surface area contributed by atoms with Gasteiger partial charge >= 0.3 is 0 Å². The van der Waals surface area contributed by atoms with Crippen molar-refractivity contribution in [3.63, 3.8) is 0 Å². The van der Waals surface area contributed by atoms with Crippen LogP contribution in [0.15, 0.2) is 47.7 Å². The van der Waals surface area contributed by atoms with Gasteiger partial charge < -0.3 is 20.3 Å². The van der Waals surface area contributed by atoms with Crippen LogP contribution in [0, 0.1) is 5.82 Å². The number of guanidine groups is 1. The minimum atomic E-state index is -0.445. The summed E-state index contributed by atoms with van der Waals surface area (Å²) in [5.74, 6) is 1.10. The Morgan fingerprint density at radius 1 is 1.33 bits per heavy atom. The van der Waals surface area contributed by atoms with E-state index >= 15 is 0 Å². The van der Waals surface area contributed by atoms with Gasteiger partial charge in [-0.15, -0.1) is 0 Å². The number of halogens is 1. The Morgan fingerprint density at radius 3 is 2.93 bits per heavy atom. The number of hydrogen-bond acceptors (Lipinski definition) is 4. The monoisotopic (exact) mass is 413 g/mol. The number of rotatable bonds is 9. The van der Waals surface area contributed by atoms with E-state index in [9.17, 15) is 9.18 Å². The number of aliphatic imine (C=N–C) groups is 1. The number of carbonyl (C=O) groups is 1. The molecule has 2 aromatic rings. The molecule has 1 aliphatic rings. The van der Waals surface area contributed by atoms with E-state index in [1.165, 1.54) is 12.3 Å². The second-order valence-electron chi connectivity index (χ2n) is 7.02. The Hall–Kier alpha value is -3.16. The number of carbonyl (C=O) groups excluding carboxylic acids is 1. The fourth-order valence-corrected chi connectivity index (χ4v) is 3.19. The predicted molar refractivity (Wildman–Crippen MR) is 114 cm³/mol. The van der Waals surface area contributed by atoms with Crippen LogP contribution in [0.25, 0.3) is 0 Å². The summed E-state index contributed by atoms with van der Waals surface area (Å²) in [6, 6.07) is 8.27. The van der Waals surface area contributed by atoms with Crippen molar-refractivity contribution in [2.45, 2.75) is 32.7 Å². The highest BCUT2D eigenvalue weighted by atomic mass is 19.1. The lowest BCUT2D eigenvalue weighted by Crippen LogP contribution is -2.39. The second-order valence-corrected chi connectivity index (χ2v) is 7.02. The molecule has 0 saturated carbocycles. The van der Waals surface area contributed by atoms with E-state index in [2.05, 4.69) is 20.6 Å². The molecule has 2 N–H and O–H groups in total. The highest BCUT2D eigenvalue weighted by Crippen LogP contribution is 2.24. The zero-order chi connectivity index (χ0) is 21.2.